The maximum Gasteiger partial charge on any atom is 0.123 e. The van der Waals surface area contributed by atoms with Crippen molar-refractivity contribution in [1.82, 2.24) is 0 Å². The highest BCUT2D eigenvalue weighted by Crippen LogP contribution is 2.29. The highest BCUT2D eigenvalue weighted by atomic mass is 35.5. The minimum atomic E-state index is -0.0475. The topological polar surface area (TPSA) is 29.5 Å². The molecule has 13 heavy (non-hydrogen) atoms. The molecule has 1 aromatic carbocycles. The molecule has 1 aliphatic heterocycles. The molecule has 1 heterocycles. The molecule has 0 spiro atoms. The fourth-order valence-electron chi connectivity index (χ4n) is 1.54. The number of aliphatic hydroxyl groups excluding tert-OH is 1. The quantitative estimate of drug-likeness (QED) is 0.748. The Bertz CT molecular complexity index is 312. The van der Waals surface area contributed by atoms with Crippen LogP contribution >= 0.6 is 11.6 Å². The molecule has 1 atom stereocenters. The van der Waals surface area contributed by atoms with E-state index in [-0.39, 0.29) is 12.7 Å². The Morgan fingerprint density at radius 1 is 1.54 bits per heavy atom. The lowest BCUT2D eigenvalue weighted by Crippen LogP contribution is -2.25. The van der Waals surface area contributed by atoms with Crippen LogP contribution in [-0.2, 0) is 6.42 Å². The summed E-state index contributed by atoms with van der Waals surface area (Å²) in [6.45, 7) is 0.0854. The second-order valence-electron chi connectivity index (χ2n) is 3.21. The van der Waals surface area contributed by atoms with Crippen molar-refractivity contribution in [2.45, 2.75) is 18.9 Å². The summed E-state index contributed by atoms with van der Waals surface area (Å²) >= 11 is 5.84. The molecule has 0 fully saturated rings. The second-order valence-corrected chi connectivity index (χ2v) is 3.65. The van der Waals surface area contributed by atoms with E-state index in [2.05, 4.69) is 0 Å². The summed E-state index contributed by atoms with van der Waals surface area (Å²) in [6, 6.07) is 5.59. The van der Waals surface area contributed by atoms with Crippen molar-refractivity contribution in [3.63, 3.8) is 0 Å². The third kappa shape index (κ3) is 1.79. The normalized spacial score (nSPS) is 20.6. The van der Waals surface area contributed by atoms with Crippen LogP contribution in [0.3, 0.4) is 0 Å². The zero-order valence-corrected chi connectivity index (χ0v) is 7.92. The molecule has 2 rings (SSSR count). The van der Waals surface area contributed by atoms with Crippen LogP contribution in [0.15, 0.2) is 18.2 Å². The smallest absolute Gasteiger partial charge is 0.123 e. The second kappa shape index (κ2) is 3.56. The van der Waals surface area contributed by atoms with E-state index >= 15 is 0 Å². The van der Waals surface area contributed by atoms with E-state index in [0.717, 1.165) is 29.2 Å². The molecule has 1 aromatic rings. The Balaban J connectivity index is 2.26. The van der Waals surface area contributed by atoms with E-state index in [9.17, 15) is 0 Å². The molecule has 70 valence electrons. The molecule has 0 amide bonds. The van der Waals surface area contributed by atoms with Crippen LogP contribution in [0.25, 0.3) is 0 Å². The number of halogens is 1. The number of aliphatic hydroxyl groups is 1. The first-order chi connectivity index (χ1) is 6.29. The van der Waals surface area contributed by atoms with Crippen molar-refractivity contribution in [1.29, 1.82) is 0 Å². The number of hydrogen-bond donors (Lipinski definition) is 1. The van der Waals surface area contributed by atoms with Crippen LogP contribution in [0.2, 0.25) is 5.02 Å². The first-order valence-corrected chi connectivity index (χ1v) is 4.73. The van der Waals surface area contributed by atoms with Gasteiger partial charge in [0.1, 0.15) is 11.9 Å². The molecule has 0 unspecified atom stereocenters. The maximum absolute atomic E-state index is 8.92. The Morgan fingerprint density at radius 3 is 3.15 bits per heavy atom. The molecule has 1 N–H and O–H groups in total. The predicted molar refractivity (Wildman–Crippen MR) is 51.3 cm³/mol. The SMILES string of the molecule is OC[C@H]1CCc2cc(Cl)ccc2O1. The minimum absolute atomic E-state index is 0.0475. The fraction of sp³-hybridized carbons (Fsp3) is 0.400. The van der Waals surface area contributed by atoms with Crippen molar-refractivity contribution in [3.8, 4) is 5.75 Å². The number of aryl methyl sites for hydroxylation is 1. The van der Waals surface area contributed by atoms with Crippen LogP contribution in [0.5, 0.6) is 5.75 Å². The number of benzene rings is 1. The van der Waals surface area contributed by atoms with Gasteiger partial charge in [-0.15, -0.1) is 0 Å². The lowest BCUT2D eigenvalue weighted by Gasteiger charge is -2.24. The zero-order valence-electron chi connectivity index (χ0n) is 7.16. The van der Waals surface area contributed by atoms with Gasteiger partial charge in [0, 0.05) is 5.02 Å². The monoisotopic (exact) mass is 198 g/mol. The van der Waals surface area contributed by atoms with Crippen LogP contribution in [0, 0.1) is 0 Å². The summed E-state index contributed by atoms with van der Waals surface area (Å²) in [7, 11) is 0. The summed E-state index contributed by atoms with van der Waals surface area (Å²) in [5.41, 5.74) is 1.14. The molecule has 3 heteroatoms. The van der Waals surface area contributed by atoms with E-state index in [4.69, 9.17) is 21.4 Å². The van der Waals surface area contributed by atoms with Crippen LogP contribution in [-0.4, -0.2) is 17.8 Å². The van der Waals surface area contributed by atoms with Crippen LogP contribution < -0.4 is 4.74 Å². The van der Waals surface area contributed by atoms with E-state index in [1.165, 1.54) is 0 Å². The molecule has 0 saturated heterocycles. The van der Waals surface area contributed by atoms with Gasteiger partial charge in [-0.3, -0.25) is 0 Å². The van der Waals surface area contributed by atoms with Gasteiger partial charge in [-0.05, 0) is 36.6 Å². The summed E-state index contributed by atoms with van der Waals surface area (Å²) in [6.07, 6.45) is 1.75. The van der Waals surface area contributed by atoms with Gasteiger partial charge in [-0.25, -0.2) is 0 Å². The zero-order chi connectivity index (χ0) is 9.26. The molecule has 0 aromatic heterocycles. The van der Waals surface area contributed by atoms with Crippen molar-refractivity contribution < 1.29 is 9.84 Å². The van der Waals surface area contributed by atoms with Gasteiger partial charge >= 0.3 is 0 Å². The Morgan fingerprint density at radius 2 is 2.38 bits per heavy atom. The molecule has 2 nitrogen and oxygen atoms in total. The summed E-state index contributed by atoms with van der Waals surface area (Å²) in [5.74, 6) is 0.856. The molecule has 0 bridgehead atoms. The highest BCUT2D eigenvalue weighted by Gasteiger charge is 2.18. The van der Waals surface area contributed by atoms with Crippen molar-refractivity contribution >= 4 is 11.6 Å². The average molecular weight is 199 g/mol. The summed E-state index contributed by atoms with van der Waals surface area (Å²) in [4.78, 5) is 0. The van der Waals surface area contributed by atoms with E-state index in [0.29, 0.717) is 0 Å². The van der Waals surface area contributed by atoms with Crippen LogP contribution in [0.4, 0.5) is 0 Å². The Labute approximate surface area is 82.1 Å². The van der Waals surface area contributed by atoms with Crippen molar-refractivity contribution in [2.75, 3.05) is 6.61 Å². The molecule has 0 aliphatic carbocycles. The molecule has 0 saturated carbocycles. The lowest BCUT2D eigenvalue weighted by atomic mass is 10.0. The highest BCUT2D eigenvalue weighted by molar-refractivity contribution is 6.30. The minimum Gasteiger partial charge on any atom is -0.488 e. The summed E-state index contributed by atoms with van der Waals surface area (Å²) in [5, 5.41) is 9.66. The molecular weight excluding hydrogens is 188 g/mol. The number of rotatable bonds is 1. The van der Waals surface area contributed by atoms with Gasteiger partial charge in [0.25, 0.3) is 0 Å². The summed E-state index contributed by atoms with van der Waals surface area (Å²) < 4.78 is 5.53. The maximum atomic E-state index is 8.92. The third-order valence-corrected chi connectivity index (χ3v) is 2.49. The van der Waals surface area contributed by atoms with Gasteiger partial charge in [-0.1, -0.05) is 11.6 Å². The van der Waals surface area contributed by atoms with E-state index < -0.39 is 0 Å². The van der Waals surface area contributed by atoms with Crippen molar-refractivity contribution in [3.05, 3.63) is 28.8 Å². The largest absolute Gasteiger partial charge is 0.488 e. The van der Waals surface area contributed by atoms with Gasteiger partial charge in [-0.2, -0.15) is 0 Å². The van der Waals surface area contributed by atoms with E-state index in [1.807, 2.05) is 12.1 Å². The molecule has 0 radical (unpaired) electrons. The molecule has 1 aliphatic rings. The van der Waals surface area contributed by atoms with Crippen molar-refractivity contribution in [2.24, 2.45) is 0 Å². The van der Waals surface area contributed by atoms with Gasteiger partial charge in [0.05, 0.1) is 6.61 Å². The lowest BCUT2D eigenvalue weighted by molar-refractivity contribution is 0.0978. The standard InChI is InChI=1S/C10H11ClO2/c11-8-2-4-10-7(5-8)1-3-9(6-12)13-10/h2,4-5,9,12H,1,3,6H2/t9-/m1/s1. The predicted octanol–water partition coefficient (Wildman–Crippen LogP) is 2.03. The van der Waals surface area contributed by atoms with Gasteiger partial charge in [0.15, 0.2) is 0 Å². The fourth-order valence-corrected chi connectivity index (χ4v) is 1.74. The van der Waals surface area contributed by atoms with Gasteiger partial charge < -0.3 is 9.84 Å². The third-order valence-electron chi connectivity index (χ3n) is 2.26. The average Bonchev–Trinajstić information content (AvgIpc) is 2.17. The van der Waals surface area contributed by atoms with Crippen LogP contribution in [0.1, 0.15) is 12.0 Å². The molecular formula is C10H11ClO2. The Kier molecular flexibility index (Phi) is 2.42. The Hall–Kier alpha value is -0.730. The number of fused-ring (bicyclic) bond motifs is 1. The van der Waals surface area contributed by atoms with E-state index in [1.54, 1.807) is 6.07 Å². The number of ether oxygens (including phenoxy) is 1. The van der Waals surface area contributed by atoms with Gasteiger partial charge in [0.2, 0.25) is 0 Å². The number of hydrogen-bond acceptors (Lipinski definition) is 2. The first-order valence-electron chi connectivity index (χ1n) is 4.35. The first kappa shape index (κ1) is 8.85.